The van der Waals surface area contributed by atoms with E-state index in [9.17, 15) is 4.79 Å². The van der Waals surface area contributed by atoms with E-state index in [1.165, 1.54) is 6.33 Å². The van der Waals surface area contributed by atoms with Gasteiger partial charge in [-0.15, -0.1) is 24.8 Å². The molecule has 11 heteroatoms. The lowest BCUT2D eigenvalue weighted by Gasteiger charge is -2.35. The molecule has 3 aromatic rings. The zero-order valence-corrected chi connectivity index (χ0v) is 18.3. The molecule has 4 rings (SSSR count). The van der Waals surface area contributed by atoms with Gasteiger partial charge in [-0.2, -0.15) is 5.10 Å². The first-order chi connectivity index (χ1) is 13.2. The van der Waals surface area contributed by atoms with Gasteiger partial charge in [-0.25, -0.2) is 9.97 Å². The molecule has 1 unspecified atom stereocenters. The SMILES string of the molecule is Cl.Cl.Cn1ccnc1C1CNCCN1C(=O)c1ccc(CSc2ncn[nH]2)cc1. The molecule has 29 heavy (non-hydrogen) atoms. The minimum absolute atomic E-state index is 0. The van der Waals surface area contributed by atoms with Gasteiger partial charge in [0.15, 0.2) is 5.16 Å². The standard InChI is InChI=1S/C18H21N7OS.2ClH/c1-24-8-7-20-16(24)15-10-19-6-9-25(15)17(26)14-4-2-13(3-5-14)11-27-18-21-12-22-23-18;;/h2-5,7-8,12,15,19H,6,9-11H2,1H3,(H,21,22,23);2*1H. The molecule has 2 aromatic heterocycles. The highest BCUT2D eigenvalue weighted by Crippen LogP contribution is 2.24. The number of aromatic amines is 1. The number of benzene rings is 1. The Labute approximate surface area is 185 Å². The van der Waals surface area contributed by atoms with Crippen LogP contribution in [0, 0.1) is 0 Å². The van der Waals surface area contributed by atoms with Gasteiger partial charge in [0.2, 0.25) is 0 Å². The van der Waals surface area contributed by atoms with Crippen molar-refractivity contribution in [1.29, 1.82) is 0 Å². The van der Waals surface area contributed by atoms with Gasteiger partial charge < -0.3 is 14.8 Å². The lowest BCUT2D eigenvalue weighted by molar-refractivity contribution is 0.0621. The fraction of sp³-hybridized carbons (Fsp3) is 0.333. The number of thioether (sulfide) groups is 1. The summed E-state index contributed by atoms with van der Waals surface area (Å²) in [4.78, 5) is 23.6. The fourth-order valence-electron chi connectivity index (χ4n) is 3.20. The monoisotopic (exact) mass is 455 g/mol. The molecule has 1 aliphatic heterocycles. The molecule has 8 nitrogen and oxygen atoms in total. The summed E-state index contributed by atoms with van der Waals surface area (Å²) in [6.45, 7) is 2.17. The molecule has 0 spiro atoms. The van der Waals surface area contributed by atoms with E-state index in [2.05, 4.69) is 25.5 Å². The van der Waals surface area contributed by atoms with Crippen LogP contribution in [0.25, 0.3) is 0 Å². The fourth-order valence-corrected chi connectivity index (χ4v) is 3.94. The molecule has 3 heterocycles. The number of carbonyl (C=O) groups is 1. The minimum Gasteiger partial charge on any atom is -0.336 e. The van der Waals surface area contributed by atoms with E-state index in [1.807, 2.05) is 47.0 Å². The number of amides is 1. The third kappa shape index (κ3) is 5.30. The molecule has 1 saturated heterocycles. The Bertz CT molecular complexity index is 901. The van der Waals surface area contributed by atoms with Crippen LogP contribution in [0.3, 0.4) is 0 Å². The number of rotatable bonds is 5. The summed E-state index contributed by atoms with van der Waals surface area (Å²) in [5, 5.41) is 10.8. The summed E-state index contributed by atoms with van der Waals surface area (Å²) in [7, 11) is 1.96. The van der Waals surface area contributed by atoms with Crippen molar-refractivity contribution in [2.75, 3.05) is 19.6 Å². The molecular formula is C18H23Cl2N7OS. The smallest absolute Gasteiger partial charge is 0.254 e. The van der Waals surface area contributed by atoms with Crippen LogP contribution in [0.4, 0.5) is 0 Å². The second-order valence-electron chi connectivity index (χ2n) is 6.39. The molecule has 1 atom stereocenters. The van der Waals surface area contributed by atoms with Crippen molar-refractivity contribution in [1.82, 2.24) is 34.9 Å². The molecule has 156 valence electrons. The topological polar surface area (TPSA) is 91.7 Å². The number of imidazole rings is 1. The first-order valence-corrected chi connectivity index (χ1v) is 9.77. The molecule has 0 aliphatic carbocycles. The summed E-state index contributed by atoms with van der Waals surface area (Å²) < 4.78 is 1.97. The molecule has 1 aromatic carbocycles. The molecule has 0 saturated carbocycles. The first-order valence-electron chi connectivity index (χ1n) is 8.78. The Balaban J connectivity index is 0.00000150. The van der Waals surface area contributed by atoms with Crippen LogP contribution < -0.4 is 5.32 Å². The number of aromatic nitrogens is 5. The Morgan fingerprint density at radius 1 is 1.24 bits per heavy atom. The van der Waals surface area contributed by atoms with Crippen LogP contribution in [0.2, 0.25) is 0 Å². The van der Waals surface area contributed by atoms with Crippen LogP contribution >= 0.6 is 36.6 Å². The van der Waals surface area contributed by atoms with E-state index < -0.39 is 0 Å². The number of carbonyl (C=O) groups excluding carboxylic acids is 1. The van der Waals surface area contributed by atoms with Gasteiger partial charge in [0.25, 0.3) is 5.91 Å². The minimum atomic E-state index is -0.0621. The Morgan fingerprint density at radius 3 is 2.69 bits per heavy atom. The zero-order valence-electron chi connectivity index (χ0n) is 15.8. The van der Waals surface area contributed by atoms with Gasteiger partial charge in [-0.05, 0) is 17.7 Å². The van der Waals surface area contributed by atoms with Gasteiger partial charge in [-0.3, -0.25) is 9.89 Å². The maximum absolute atomic E-state index is 13.1. The van der Waals surface area contributed by atoms with E-state index in [1.54, 1.807) is 18.0 Å². The Kier molecular flexibility index (Phi) is 8.51. The van der Waals surface area contributed by atoms with Gasteiger partial charge in [0.1, 0.15) is 18.2 Å². The average molecular weight is 456 g/mol. The Morgan fingerprint density at radius 2 is 2.03 bits per heavy atom. The number of aryl methyl sites for hydroxylation is 1. The summed E-state index contributed by atoms with van der Waals surface area (Å²) in [5.41, 5.74) is 1.83. The first kappa shape index (κ1) is 23.2. The maximum Gasteiger partial charge on any atom is 0.254 e. The quantitative estimate of drug-likeness (QED) is 0.574. The van der Waals surface area contributed by atoms with Crippen LogP contribution in [0.5, 0.6) is 0 Å². The number of nitrogens with zero attached hydrogens (tertiary/aromatic N) is 5. The zero-order chi connectivity index (χ0) is 18.6. The number of H-pyrrole nitrogens is 1. The highest BCUT2D eigenvalue weighted by atomic mass is 35.5. The lowest BCUT2D eigenvalue weighted by atomic mass is 10.1. The molecule has 0 bridgehead atoms. The molecule has 0 radical (unpaired) electrons. The number of piperazine rings is 1. The van der Waals surface area contributed by atoms with Crippen molar-refractivity contribution >= 4 is 42.5 Å². The van der Waals surface area contributed by atoms with Crippen LogP contribution in [0.15, 0.2) is 48.1 Å². The van der Waals surface area contributed by atoms with E-state index in [4.69, 9.17) is 0 Å². The van der Waals surface area contributed by atoms with Crippen LogP contribution in [-0.2, 0) is 12.8 Å². The number of hydrogen-bond acceptors (Lipinski definition) is 6. The average Bonchev–Trinajstić information content (AvgIpc) is 3.38. The molecule has 1 aliphatic rings. The molecular weight excluding hydrogens is 433 g/mol. The maximum atomic E-state index is 13.1. The second-order valence-corrected chi connectivity index (χ2v) is 7.36. The predicted molar refractivity (Wildman–Crippen MR) is 117 cm³/mol. The van der Waals surface area contributed by atoms with Crippen molar-refractivity contribution in [2.45, 2.75) is 17.0 Å². The van der Waals surface area contributed by atoms with E-state index in [-0.39, 0.29) is 36.8 Å². The summed E-state index contributed by atoms with van der Waals surface area (Å²) >= 11 is 1.58. The number of nitrogens with one attached hydrogen (secondary N) is 2. The Hall–Kier alpha value is -2.07. The van der Waals surface area contributed by atoms with E-state index >= 15 is 0 Å². The summed E-state index contributed by atoms with van der Waals surface area (Å²) in [6, 6.07) is 7.73. The van der Waals surface area contributed by atoms with Crippen LogP contribution in [-0.4, -0.2) is 55.2 Å². The van der Waals surface area contributed by atoms with Crippen molar-refractivity contribution in [3.63, 3.8) is 0 Å². The molecule has 1 amide bonds. The van der Waals surface area contributed by atoms with Crippen molar-refractivity contribution in [3.8, 4) is 0 Å². The van der Waals surface area contributed by atoms with Crippen molar-refractivity contribution in [2.24, 2.45) is 7.05 Å². The predicted octanol–water partition coefficient (Wildman–Crippen LogP) is 2.46. The summed E-state index contributed by atoms with van der Waals surface area (Å²) in [6.07, 6.45) is 5.18. The van der Waals surface area contributed by atoms with Gasteiger partial charge in [0.05, 0.1) is 0 Å². The van der Waals surface area contributed by atoms with Gasteiger partial charge in [-0.1, -0.05) is 23.9 Å². The van der Waals surface area contributed by atoms with Crippen LogP contribution in [0.1, 0.15) is 27.8 Å². The summed E-state index contributed by atoms with van der Waals surface area (Å²) in [5.74, 6) is 1.71. The number of hydrogen-bond donors (Lipinski definition) is 2. The number of halogens is 2. The van der Waals surface area contributed by atoms with E-state index in [0.717, 1.165) is 28.8 Å². The largest absolute Gasteiger partial charge is 0.336 e. The van der Waals surface area contributed by atoms with Gasteiger partial charge in [0, 0.05) is 50.4 Å². The third-order valence-corrected chi connectivity index (χ3v) is 5.58. The lowest BCUT2D eigenvalue weighted by Crippen LogP contribution is -2.49. The normalized spacial score (nSPS) is 16.0. The van der Waals surface area contributed by atoms with E-state index in [0.29, 0.717) is 18.7 Å². The third-order valence-electron chi connectivity index (χ3n) is 4.63. The highest BCUT2D eigenvalue weighted by Gasteiger charge is 2.30. The van der Waals surface area contributed by atoms with Crippen molar-refractivity contribution < 1.29 is 4.79 Å². The van der Waals surface area contributed by atoms with Crippen molar-refractivity contribution in [3.05, 3.63) is 59.9 Å². The highest BCUT2D eigenvalue weighted by molar-refractivity contribution is 7.98. The second kappa shape index (κ2) is 10.6. The van der Waals surface area contributed by atoms with Gasteiger partial charge >= 0.3 is 0 Å². The molecule has 1 fully saturated rings. The molecule has 2 N–H and O–H groups in total.